The Hall–Kier alpha value is -3.63. The summed E-state index contributed by atoms with van der Waals surface area (Å²) >= 11 is -0.313. The molecule has 3 N–H and O–H groups in total. The number of aromatic nitrogens is 2. The number of fused-ring (bicyclic) bond motifs is 1. The summed E-state index contributed by atoms with van der Waals surface area (Å²) in [4.78, 5) is 18.5. The number of ether oxygens (including phenoxy) is 1. The highest BCUT2D eigenvalue weighted by Crippen LogP contribution is 2.39. The number of nitrogens with one attached hydrogen (secondary N) is 3. The molecule has 1 saturated heterocycles. The Kier molecular flexibility index (Phi) is 8.76. The predicted octanol–water partition coefficient (Wildman–Crippen LogP) is 4.23. The molecule has 3 heterocycles. The number of benzene rings is 1. The van der Waals surface area contributed by atoms with E-state index in [1.54, 1.807) is 30.3 Å². The minimum Gasteiger partial charge on any atom is -0.497 e. The largest absolute Gasteiger partial charge is 0.497 e. The zero-order valence-electron chi connectivity index (χ0n) is 21.5. The number of thioether (sulfide) groups is 1. The second kappa shape index (κ2) is 12.0. The Morgan fingerprint density at radius 1 is 1.28 bits per heavy atom. The number of alkyl halides is 4. The summed E-state index contributed by atoms with van der Waals surface area (Å²) in [5, 5.41) is 8.50. The lowest BCUT2D eigenvalue weighted by Crippen LogP contribution is -2.46. The van der Waals surface area contributed by atoms with Gasteiger partial charge in [0, 0.05) is 44.2 Å². The predicted molar refractivity (Wildman–Crippen MR) is 143 cm³/mol. The van der Waals surface area contributed by atoms with E-state index in [-0.39, 0.29) is 47.1 Å². The molecular formula is C26H28F4N6O2S. The second-order valence-corrected chi connectivity index (χ2v) is 9.95. The number of imidazole rings is 1. The fourth-order valence-electron chi connectivity index (χ4n) is 4.26. The van der Waals surface area contributed by atoms with Crippen LogP contribution in [0.4, 0.5) is 28.9 Å². The van der Waals surface area contributed by atoms with Crippen LogP contribution in [-0.2, 0) is 0 Å². The molecule has 13 heteroatoms. The van der Waals surface area contributed by atoms with Gasteiger partial charge in [0.25, 0.3) is 5.91 Å². The number of carbonyl (C=O) groups is 1. The van der Waals surface area contributed by atoms with Crippen LogP contribution in [0.5, 0.6) is 5.75 Å². The van der Waals surface area contributed by atoms with Gasteiger partial charge in [0.15, 0.2) is 5.65 Å². The number of likely N-dealkylation sites (tertiary alicyclic amines) is 1. The highest BCUT2D eigenvalue weighted by molar-refractivity contribution is 8.00. The van der Waals surface area contributed by atoms with Gasteiger partial charge in [-0.15, -0.1) is 0 Å². The van der Waals surface area contributed by atoms with Crippen LogP contribution in [0.15, 0.2) is 41.6 Å². The first-order valence-corrected chi connectivity index (χ1v) is 12.9. The normalized spacial score (nSPS) is 17.8. The van der Waals surface area contributed by atoms with Gasteiger partial charge in [-0.05, 0) is 43.7 Å². The van der Waals surface area contributed by atoms with Crippen molar-refractivity contribution in [3.8, 4) is 17.6 Å². The van der Waals surface area contributed by atoms with Crippen molar-refractivity contribution in [2.24, 2.45) is 0 Å². The van der Waals surface area contributed by atoms with Gasteiger partial charge >= 0.3 is 5.51 Å². The van der Waals surface area contributed by atoms with Crippen LogP contribution < -0.4 is 20.7 Å². The second-order valence-electron chi connectivity index (χ2n) is 8.89. The van der Waals surface area contributed by atoms with Crippen LogP contribution in [0.25, 0.3) is 5.65 Å². The van der Waals surface area contributed by atoms with E-state index in [0.29, 0.717) is 35.7 Å². The zero-order valence-corrected chi connectivity index (χ0v) is 22.3. The molecular weight excluding hydrogens is 536 g/mol. The molecule has 2 atom stereocenters. The van der Waals surface area contributed by atoms with Crippen molar-refractivity contribution in [3.05, 3.63) is 47.8 Å². The van der Waals surface area contributed by atoms with Gasteiger partial charge in [0.1, 0.15) is 22.6 Å². The zero-order chi connectivity index (χ0) is 28.2. The first-order chi connectivity index (χ1) is 18.6. The Morgan fingerprint density at radius 2 is 2.08 bits per heavy atom. The first-order valence-electron chi connectivity index (χ1n) is 12.1. The quantitative estimate of drug-likeness (QED) is 0.225. The van der Waals surface area contributed by atoms with Gasteiger partial charge in [-0.2, -0.15) is 13.2 Å². The number of methoxy groups -OCH3 is 1. The van der Waals surface area contributed by atoms with Crippen molar-refractivity contribution in [2.75, 3.05) is 51.5 Å². The van der Waals surface area contributed by atoms with E-state index in [1.807, 2.05) is 11.9 Å². The Labute approximate surface area is 227 Å². The molecule has 0 saturated carbocycles. The third-order valence-corrected chi connectivity index (χ3v) is 6.99. The first kappa shape index (κ1) is 28.4. The molecule has 1 fully saturated rings. The van der Waals surface area contributed by atoms with Crippen molar-refractivity contribution in [1.82, 2.24) is 19.6 Å². The van der Waals surface area contributed by atoms with E-state index < -0.39 is 17.7 Å². The highest BCUT2D eigenvalue weighted by Gasteiger charge is 2.33. The number of hydrogen-bond acceptors (Lipinski definition) is 7. The maximum absolute atomic E-state index is 14.6. The number of piperidine rings is 1. The van der Waals surface area contributed by atoms with Crippen molar-refractivity contribution < 1.29 is 27.1 Å². The van der Waals surface area contributed by atoms with Crippen molar-refractivity contribution in [1.29, 1.82) is 0 Å². The van der Waals surface area contributed by atoms with Crippen LogP contribution in [0, 0.1) is 11.8 Å². The average Bonchev–Trinajstić information content (AvgIpc) is 3.24. The summed E-state index contributed by atoms with van der Waals surface area (Å²) in [5.74, 6) is 5.72. The molecule has 1 amide bonds. The van der Waals surface area contributed by atoms with E-state index in [9.17, 15) is 22.4 Å². The Balaban J connectivity index is 1.63. The van der Waals surface area contributed by atoms with Gasteiger partial charge in [0.05, 0.1) is 36.6 Å². The lowest BCUT2D eigenvalue weighted by atomic mass is 10.0. The molecule has 208 valence electrons. The fraction of sp³-hybridized carbons (Fsp3) is 0.385. The van der Waals surface area contributed by atoms with E-state index in [1.165, 1.54) is 24.8 Å². The number of carbonyl (C=O) groups excluding carboxylic acids is 1. The van der Waals surface area contributed by atoms with Crippen LogP contribution >= 0.6 is 11.8 Å². The SMILES string of the molecule is CNC(=O)c1ccc(OC)cc1NCC#Cc1nc2c(N[C@@H]3CCN(C)C[C@@H]3F)cccn2c1SC(F)(F)F. The standard InChI is InChI=1S/C26H28F4N6O2S/c1-31-24(37)17-9-8-16(38-3)14-22(17)32-11-4-6-21-25(39-26(28,29)30)36-12-5-7-20(23(36)34-21)33-19-10-13-35(2)15-18(19)27/h5,7-9,12,14,18-19,32-33H,10-11,13,15H2,1-3H3,(H,31,37)/t18-,19+/m0/s1. The summed E-state index contributed by atoms with van der Waals surface area (Å²) in [6.07, 6.45) is 0.882. The molecule has 2 aromatic heterocycles. The number of hydrogen-bond donors (Lipinski definition) is 3. The maximum Gasteiger partial charge on any atom is 0.447 e. The molecule has 3 aromatic rings. The molecule has 0 bridgehead atoms. The lowest BCUT2D eigenvalue weighted by molar-refractivity contribution is -0.0330. The molecule has 0 unspecified atom stereocenters. The van der Waals surface area contributed by atoms with Crippen LogP contribution in [0.2, 0.25) is 0 Å². The minimum absolute atomic E-state index is 0.0192. The summed E-state index contributed by atoms with van der Waals surface area (Å²) < 4.78 is 61.6. The van der Waals surface area contributed by atoms with Gasteiger partial charge in [-0.3, -0.25) is 9.20 Å². The van der Waals surface area contributed by atoms with Crippen LogP contribution in [0.3, 0.4) is 0 Å². The highest BCUT2D eigenvalue weighted by atomic mass is 32.2. The third kappa shape index (κ3) is 6.88. The smallest absolute Gasteiger partial charge is 0.447 e. The number of halogens is 4. The third-order valence-electron chi connectivity index (χ3n) is 6.18. The number of pyridine rings is 1. The van der Waals surface area contributed by atoms with E-state index in [0.717, 1.165) is 0 Å². The summed E-state index contributed by atoms with van der Waals surface area (Å²) in [5.41, 5.74) is -3.18. The number of rotatable bonds is 7. The topological polar surface area (TPSA) is 82.9 Å². The molecule has 0 radical (unpaired) electrons. The monoisotopic (exact) mass is 564 g/mol. The van der Waals surface area contributed by atoms with Crippen LogP contribution in [-0.4, -0.2) is 78.8 Å². The van der Waals surface area contributed by atoms with E-state index in [2.05, 4.69) is 32.8 Å². The Bertz CT molecular complexity index is 1400. The van der Waals surface area contributed by atoms with Gasteiger partial charge < -0.3 is 25.6 Å². The van der Waals surface area contributed by atoms with Gasteiger partial charge in [-0.1, -0.05) is 5.92 Å². The summed E-state index contributed by atoms with van der Waals surface area (Å²) in [6.45, 7) is 0.984. The van der Waals surface area contributed by atoms with Crippen LogP contribution in [0.1, 0.15) is 22.5 Å². The number of amides is 1. The van der Waals surface area contributed by atoms with Crippen molar-refractivity contribution in [3.63, 3.8) is 0 Å². The maximum atomic E-state index is 14.6. The summed E-state index contributed by atoms with van der Waals surface area (Å²) in [6, 6.07) is 7.62. The fourth-order valence-corrected chi connectivity index (χ4v) is 4.92. The molecule has 8 nitrogen and oxygen atoms in total. The molecule has 1 aliphatic rings. The molecule has 1 aromatic carbocycles. The Morgan fingerprint density at radius 3 is 2.77 bits per heavy atom. The van der Waals surface area contributed by atoms with Crippen molar-refractivity contribution in [2.45, 2.75) is 29.2 Å². The molecule has 0 spiro atoms. The van der Waals surface area contributed by atoms with E-state index in [4.69, 9.17) is 4.74 Å². The molecule has 0 aliphatic carbocycles. The van der Waals surface area contributed by atoms with E-state index >= 15 is 0 Å². The van der Waals surface area contributed by atoms with Gasteiger partial charge in [0.2, 0.25) is 0 Å². The minimum atomic E-state index is -4.57. The van der Waals surface area contributed by atoms with Gasteiger partial charge in [-0.25, -0.2) is 9.37 Å². The number of anilines is 2. The van der Waals surface area contributed by atoms with Crippen molar-refractivity contribution >= 4 is 34.7 Å². The average molecular weight is 565 g/mol. The number of nitrogens with zero attached hydrogens (tertiary/aromatic N) is 3. The molecule has 39 heavy (non-hydrogen) atoms. The lowest BCUT2D eigenvalue weighted by Gasteiger charge is -2.33. The summed E-state index contributed by atoms with van der Waals surface area (Å²) in [7, 11) is 4.83. The molecule has 4 rings (SSSR count). The molecule has 1 aliphatic heterocycles.